The van der Waals surface area contributed by atoms with Gasteiger partial charge >= 0.3 is 0 Å². The van der Waals surface area contributed by atoms with Crippen molar-refractivity contribution in [3.63, 3.8) is 0 Å². The Bertz CT molecular complexity index is 1240. The van der Waals surface area contributed by atoms with E-state index in [4.69, 9.17) is 4.74 Å². The summed E-state index contributed by atoms with van der Waals surface area (Å²) in [5.41, 5.74) is 1.22. The number of likely N-dealkylation sites (tertiary alicyclic amines) is 1. The Balaban J connectivity index is 1.61. The fourth-order valence-corrected chi connectivity index (χ4v) is 5.41. The minimum atomic E-state index is -0.808. The quantitative estimate of drug-likeness (QED) is 0.361. The standard InChI is InChI=1S/C32H39N3O5/c1-32(2,3)33-29(37)27(20-22-11-6-5-7-12-22)35(21-23-13-10-14-24(19-23)40-4)28(36)17-18-34-30(38)25-15-8-9-16-26(25)31(34)39/h5-14,19,25-27H,15-18,20-21H2,1-4H3,(H,33,37)/t25-,26+,27?. The molecule has 0 aromatic heterocycles. The van der Waals surface area contributed by atoms with E-state index in [1.165, 1.54) is 4.90 Å². The minimum Gasteiger partial charge on any atom is -0.497 e. The highest BCUT2D eigenvalue weighted by molar-refractivity contribution is 6.05. The number of imide groups is 1. The largest absolute Gasteiger partial charge is 0.497 e. The van der Waals surface area contributed by atoms with Crippen LogP contribution in [0.2, 0.25) is 0 Å². The number of benzene rings is 2. The first-order valence-corrected chi connectivity index (χ1v) is 13.9. The molecule has 4 amide bonds. The van der Waals surface area contributed by atoms with E-state index in [9.17, 15) is 19.2 Å². The Morgan fingerprint density at radius 3 is 2.20 bits per heavy atom. The maximum absolute atomic E-state index is 13.9. The molecule has 0 radical (unpaired) electrons. The van der Waals surface area contributed by atoms with E-state index in [1.54, 1.807) is 12.0 Å². The molecule has 0 saturated carbocycles. The van der Waals surface area contributed by atoms with Crippen LogP contribution in [0.3, 0.4) is 0 Å². The first kappa shape index (κ1) is 29.1. The molecule has 2 aromatic rings. The highest BCUT2D eigenvalue weighted by Crippen LogP contribution is 2.35. The predicted octanol–water partition coefficient (Wildman–Crippen LogP) is 3.89. The zero-order valence-corrected chi connectivity index (χ0v) is 23.8. The molecule has 1 N–H and O–H groups in total. The van der Waals surface area contributed by atoms with Gasteiger partial charge in [0.2, 0.25) is 23.6 Å². The third kappa shape index (κ3) is 6.97. The lowest BCUT2D eigenvalue weighted by molar-refractivity contribution is -0.144. The average Bonchev–Trinajstić information content (AvgIpc) is 3.18. The van der Waals surface area contributed by atoms with Crippen molar-refractivity contribution in [2.24, 2.45) is 11.8 Å². The van der Waals surface area contributed by atoms with Gasteiger partial charge in [-0.3, -0.25) is 24.1 Å². The summed E-state index contributed by atoms with van der Waals surface area (Å²) in [6.45, 7) is 5.87. The Labute approximate surface area is 236 Å². The van der Waals surface area contributed by atoms with Crippen molar-refractivity contribution in [1.82, 2.24) is 15.1 Å². The highest BCUT2D eigenvalue weighted by atomic mass is 16.5. The van der Waals surface area contributed by atoms with Crippen molar-refractivity contribution in [3.05, 3.63) is 77.9 Å². The number of carbonyl (C=O) groups excluding carboxylic acids is 4. The first-order chi connectivity index (χ1) is 19.1. The number of amides is 4. The summed E-state index contributed by atoms with van der Waals surface area (Å²) in [5.74, 6) is -1.03. The minimum absolute atomic E-state index is 0.00292. The van der Waals surface area contributed by atoms with E-state index in [2.05, 4.69) is 5.32 Å². The number of rotatable bonds is 10. The number of nitrogens with zero attached hydrogens (tertiary/aromatic N) is 2. The molecule has 4 rings (SSSR count). The van der Waals surface area contributed by atoms with Crippen LogP contribution in [0.5, 0.6) is 5.75 Å². The molecule has 0 bridgehead atoms. The van der Waals surface area contributed by atoms with Gasteiger partial charge in [0.1, 0.15) is 11.8 Å². The van der Waals surface area contributed by atoms with E-state index in [-0.39, 0.29) is 55.0 Å². The van der Waals surface area contributed by atoms with Gasteiger partial charge in [0.05, 0.1) is 18.9 Å². The van der Waals surface area contributed by atoms with E-state index in [0.29, 0.717) is 25.0 Å². The van der Waals surface area contributed by atoms with Gasteiger partial charge in [-0.05, 0) is 56.9 Å². The van der Waals surface area contributed by atoms with Crippen LogP contribution in [0.1, 0.15) is 51.2 Å². The number of fused-ring (bicyclic) bond motifs is 1. The molecular formula is C32H39N3O5. The number of methoxy groups -OCH3 is 1. The van der Waals surface area contributed by atoms with Gasteiger partial charge in [0.25, 0.3) is 0 Å². The number of nitrogens with one attached hydrogen (secondary N) is 1. The molecule has 8 heteroatoms. The third-order valence-electron chi connectivity index (χ3n) is 7.40. The molecule has 1 fully saturated rings. The van der Waals surface area contributed by atoms with Crippen molar-refractivity contribution in [1.29, 1.82) is 0 Å². The predicted molar refractivity (Wildman–Crippen MR) is 152 cm³/mol. The van der Waals surface area contributed by atoms with Crippen LogP contribution in [0.15, 0.2) is 66.7 Å². The topological polar surface area (TPSA) is 96.0 Å². The van der Waals surface area contributed by atoms with Crippen molar-refractivity contribution in [2.45, 2.75) is 64.6 Å². The van der Waals surface area contributed by atoms with Crippen LogP contribution >= 0.6 is 0 Å². The van der Waals surface area contributed by atoms with Gasteiger partial charge in [-0.25, -0.2) is 0 Å². The van der Waals surface area contributed by atoms with Crippen LogP contribution in [0, 0.1) is 11.8 Å². The first-order valence-electron chi connectivity index (χ1n) is 13.9. The van der Waals surface area contributed by atoms with Crippen LogP contribution in [-0.2, 0) is 32.1 Å². The van der Waals surface area contributed by atoms with Crippen molar-refractivity contribution < 1.29 is 23.9 Å². The highest BCUT2D eigenvalue weighted by Gasteiger charge is 2.47. The summed E-state index contributed by atoms with van der Waals surface area (Å²) >= 11 is 0. The fraction of sp³-hybridized carbons (Fsp3) is 0.438. The summed E-state index contributed by atoms with van der Waals surface area (Å²) in [7, 11) is 1.58. The zero-order chi connectivity index (χ0) is 28.9. The molecular weight excluding hydrogens is 506 g/mol. The maximum atomic E-state index is 13.9. The molecule has 1 unspecified atom stereocenters. The monoisotopic (exact) mass is 545 g/mol. The van der Waals surface area contributed by atoms with Gasteiger partial charge in [0.15, 0.2) is 0 Å². The van der Waals surface area contributed by atoms with Crippen molar-refractivity contribution in [2.75, 3.05) is 13.7 Å². The molecule has 1 aliphatic carbocycles. The van der Waals surface area contributed by atoms with Crippen LogP contribution < -0.4 is 10.1 Å². The summed E-state index contributed by atoms with van der Waals surface area (Å²) in [6, 6.07) is 16.2. The second-order valence-electron chi connectivity index (χ2n) is 11.6. The van der Waals surface area contributed by atoms with Gasteiger partial charge < -0.3 is 15.0 Å². The summed E-state index contributed by atoms with van der Waals surface area (Å²) in [6.07, 6.45) is 5.23. The number of hydrogen-bond donors (Lipinski definition) is 1. The lowest BCUT2D eigenvalue weighted by atomic mass is 9.85. The number of hydrogen-bond acceptors (Lipinski definition) is 5. The van der Waals surface area contributed by atoms with E-state index in [0.717, 1.165) is 11.1 Å². The van der Waals surface area contributed by atoms with E-state index >= 15 is 0 Å². The SMILES string of the molecule is COc1cccc(CN(C(=O)CCN2C(=O)[C@H]3CC=CC[C@H]3C2=O)C(Cc2ccccc2)C(=O)NC(C)(C)C)c1. The van der Waals surface area contributed by atoms with Gasteiger partial charge in [-0.15, -0.1) is 0 Å². The van der Waals surface area contributed by atoms with E-state index in [1.807, 2.05) is 87.5 Å². The molecule has 1 heterocycles. The number of carbonyl (C=O) groups is 4. The summed E-state index contributed by atoms with van der Waals surface area (Å²) < 4.78 is 5.38. The molecule has 0 spiro atoms. The number of ether oxygens (including phenoxy) is 1. The van der Waals surface area contributed by atoms with E-state index < -0.39 is 11.6 Å². The third-order valence-corrected chi connectivity index (χ3v) is 7.40. The maximum Gasteiger partial charge on any atom is 0.243 e. The normalized spacial score (nSPS) is 19.2. The van der Waals surface area contributed by atoms with Crippen LogP contribution in [-0.4, -0.2) is 58.7 Å². The number of allylic oxidation sites excluding steroid dienone is 2. The molecule has 8 nitrogen and oxygen atoms in total. The summed E-state index contributed by atoms with van der Waals surface area (Å²) in [4.78, 5) is 56.5. The molecule has 1 saturated heterocycles. The smallest absolute Gasteiger partial charge is 0.243 e. The van der Waals surface area contributed by atoms with Crippen molar-refractivity contribution in [3.8, 4) is 5.75 Å². The molecule has 212 valence electrons. The Morgan fingerprint density at radius 2 is 1.60 bits per heavy atom. The van der Waals surface area contributed by atoms with Gasteiger partial charge in [-0.2, -0.15) is 0 Å². The Morgan fingerprint density at radius 1 is 0.975 bits per heavy atom. The van der Waals surface area contributed by atoms with Crippen LogP contribution in [0.4, 0.5) is 0 Å². The molecule has 3 atom stereocenters. The lowest BCUT2D eigenvalue weighted by Gasteiger charge is -2.34. The molecule has 40 heavy (non-hydrogen) atoms. The fourth-order valence-electron chi connectivity index (χ4n) is 5.41. The average molecular weight is 546 g/mol. The van der Waals surface area contributed by atoms with Crippen LogP contribution in [0.25, 0.3) is 0 Å². The van der Waals surface area contributed by atoms with Gasteiger partial charge in [-0.1, -0.05) is 54.6 Å². The molecule has 2 aliphatic rings. The Hall–Kier alpha value is -3.94. The second-order valence-corrected chi connectivity index (χ2v) is 11.6. The van der Waals surface area contributed by atoms with Crippen molar-refractivity contribution >= 4 is 23.6 Å². The molecule has 2 aromatic carbocycles. The zero-order valence-electron chi connectivity index (χ0n) is 23.8. The van der Waals surface area contributed by atoms with Gasteiger partial charge in [0, 0.05) is 31.5 Å². The molecule has 1 aliphatic heterocycles. The lowest BCUT2D eigenvalue weighted by Crippen LogP contribution is -2.54. The second kappa shape index (κ2) is 12.5. The summed E-state index contributed by atoms with van der Waals surface area (Å²) in [5, 5.41) is 3.05. The Kier molecular flexibility index (Phi) is 9.07.